The van der Waals surface area contributed by atoms with Crippen LogP contribution >= 0.6 is 11.3 Å². The van der Waals surface area contributed by atoms with Gasteiger partial charge < -0.3 is 4.74 Å². The van der Waals surface area contributed by atoms with E-state index in [2.05, 4.69) is 11.9 Å². The fraction of sp³-hybridized carbons (Fsp3) is 0.350. The molecule has 8 nitrogen and oxygen atoms in total. The maximum atomic E-state index is 13.1. The molecule has 0 N–H and O–H groups in total. The summed E-state index contributed by atoms with van der Waals surface area (Å²) in [6, 6.07) is 5.27. The third kappa shape index (κ3) is 4.34. The normalized spacial score (nSPS) is 12.1. The second-order valence-electron chi connectivity index (χ2n) is 6.64. The summed E-state index contributed by atoms with van der Waals surface area (Å²) in [5, 5.41) is 13.2. The van der Waals surface area contributed by atoms with Gasteiger partial charge in [-0.15, -0.1) is 11.3 Å². The minimum absolute atomic E-state index is 0.0601. The molecule has 0 aliphatic heterocycles. The van der Waals surface area contributed by atoms with Gasteiger partial charge in [0.2, 0.25) is 0 Å². The first-order valence-corrected chi connectivity index (χ1v) is 10.2. The molecule has 0 saturated carbocycles. The lowest BCUT2D eigenvalue weighted by Gasteiger charge is -2.14. The molecule has 0 bridgehead atoms. The molecule has 0 unspecified atom stereocenters. The van der Waals surface area contributed by atoms with Crippen molar-refractivity contribution in [2.24, 2.45) is 0 Å². The fourth-order valence-corrected chi connectivity index (χ4v) is 3.89. The molecular formula is C20H21N3O5S. The van der Waals surface area contributed by atoms with E-state index < -0.39 is 16.9 Å². The Morgan fingerprint density at radius 3 is 2.90 bits per heavy atom. The highest BCUT2D eigenvalue weighted by molar-refractivity contribution is 7.17. The van der Waals surface area contributed by atoms with Crippen molar-refractivity contribution in [3.05, 3.63) is 56.4 Å². The van der Waals surface area contributed by atoms with Crippen LogP contribution in [0.2, 0.25) is 0 Å². The van der Waals surface area contributed by atoms with Gasteiger partial charge in [0.1, 0.15) is 10.9 Å². The van der Waals surface area contributed by atoms with E-state index in [9.17, 15) is 19.7 Å². The lowest BCUT2D eigenvalue weighted by atomic mass is 10.1. The Hall–Kier alpha value is -3.07. The minimum atomic E-state index is -0.820. The molecule has 1 aromatic carbocycles. The largest absolute Gasteiger partial charge is 0.464 e. The van der Waals surface area contributed by atoms with Crippen LogP contribution in [-0.4, -0.2) is 27.1 Å². The summed E-state index contributed by atoms with van der Waals surface area (Å²) in [6.07, 6.45) is 4.11. The zero-order chi connectivity index (χ0) is 21.0. The predicted molar refractivity (Wildman–Crippen MR) is 111 cm³/mol. The molecule has 0 amide bonds. The van der Waals surface area contributed by atoms with Crippen molar-refractivity contribution in [1.82, 2.24) is 9.55 Å². The summed E-state index contributed by atoms with van der Waals surface area (Å²) in [4.78, 5) is 40.8. The van der Waals surface area contributed by atoms with Crippen LogP contribution in [0.3, 0.4) is 0 Å². The Morgan fingerprint density at radius 1 is 1.38 bits per heavy atom. The number of carbonyl (C=O) groups excluding carboxylic acids is 1. The van der Waals surface area contributed by atoms with Crippen molar-refractivity contribution in [2.75, 3.05) is 6.61 Å². The molecule has 0 saturated heterocycles. The van der Waals surface area contributed by atoms with Gasteiger partial charge in [0.05, 0.1) is 23.2 Å². The van der Waals surface area contributed by atoms with Crippen molar-refractivity contribution >= 4 is 33.2 Å². The second-order valence-corrected chi connectivity index (χ2v) is 7.50. The number of hydrogen-bond donors (Lipinski definition) is 0. The van der Waals surface area contributed by atoms with Gasteiger partial charge in [-0.3, -0.25) is 19.5 Å². The summed E-state index contributed by atoms with van der Waals surface area (Å²) >= 11 is 1.27. The highest BCUT2D eigenvalue weighted by Crippen LogP contribution is 2.32. The van der Waals surface area contributed by atoms with E-state index in [-0.39, 0.29) is 11.2 Å². The molecule has 2 aromatic heterocycles. The monoisotopic (exact) mass is 415 g/mol. The Labute approximate surface area is 170 Å². The Morgan fingerprint density at radius 2 is 2.17 bits per heavy atom. The van der Waals surface area contributed by atoms with Gasteiger partial charge in [0.15, 0.2) is 0 Å². The van der Waals surface area contributed by atoms with E-state index in [4.69, 9.17) is 4.74 Å². The SMILES string of the molecule is CCCCCOC(=O)[C@H](C)n1cnc2scc(-c3cccc([N+](=O)[O-])c3)c2c1=O. The molecule has 152 valence electrons. The molecule has 0 aliphatic carbocycles. The van der Waals surface area contributed by atoms with Crippen molar-refractivity contribution in [3.63, 3.8) is 0 Å². The maximum Gasteiger partial charge on any atom is 0.328 e. The number of aromatic nitrogens is 2. The number of thiophene rings is 1. The van der Waals surface area contributed by atoms with Gasteiger partial charge >= 0.3 is 5.97 Å². The smallest absolute Gasteiger partial charge is 0.328 e. The third-order valence-corrected chi connectivity index (χ3v) is 5.52. The van der Waals surface area contributed by atoms with Crippen molar-refractivity contribution < 1.29 is 14.5 Å². The number of benzene rings is 1. The fourth-order valence-electron chi connectivity index (χ4n) is 2.98. The highest BCUT2D eigenvalue weighted by atomic mass is 32.1. The summed E-state index contributed by atoms with van der Waals surface area (Å²) in [6.45, 7) is 3.97. The number of ether oxygens (including phenoxy) is 1. The molecule has 1 atom stereocenters. The van der Waals surface area contributed by atoms with Crippen LogP contribution in [0.25, 0.3) is 21.3 Å². The topological polar surface area (TPSA) is 104 Å². The first-order valence-electron chi connectivity index (χ1n) is 9.33. The number of carbonyl (C=O) groups is 1. The number of rotatable bonds is 8. The molecule has 0 fully saturated rings. The highest BCUT2D eigenvalue weighted by Gasteiger charge is 2.21. The Bertz CT molecular complexity index is 1100. The van der Waals surface area contributed by atoms with Gasteiger partial charge in [0, 0.05) is 23.1 Å². The molecule has 0 aliphatic rings. The Balaban J connectivity index is 1.96. The average Bonchev–Trinajstić information content (AvgIpc) is 3.16. The molecule has 0 spiro atoms. The lowest BCUT2D eigenvalue weighted by Crippen LogP contribution is -2.29. The van der Waals surface area contributed by atoms with E-state index in [1.807, 2.05) is 0 Å². The van der Waals surface area contributed by atoms with Crippen LogP contribution in [0.4, 0.5) is 5.69 Å². The van der Waals surface area contributed by atoms with Gasteiger partial charge in [-0.2, -0.15) is 0 Å². The van der Waals surface area contributed by atoms with Crippen LogP contribution in [0.1, 0.15) is 39.2 Å². The average molecular weight is 415 g/mol. The summed E-state index contributed by atoms with van der Waals surface area (Å²) in [5.41, 5.74) is 0.673. The zero-order valence-corrected chi connectivity index (χ0v) is 17.0. The minimum Gasteiger partial charge on any atom is -0.464 e. The van der Waals surface area contributed by atoms with Crippen molar-refractivity contribution in [3.8, 4) is 11.1 Å². The number of non-ortho nitro benzene ring substituents is 1. The molecular weight excluding hydrogens is 394 g/mol. The zero-order valence-electron chi connectivity index (χ0n) is 16.2. The molecule has 3 rings (SSSR count). The van der Waals surface area contributed by atoms with Crippen LogP contribution in [0, 0.1) is 10.1 Å². The second kappa shape index (κ2) is 8.95. The van der Waals surface area contributed by atoms with Gasteiger partial charge in [-0.1, -0.05) is 31.9 Å². The number of unbranched alkanes of at least 4 members (excludes halogenated alkanes) is 2. The van der Waals surface area contributed by atoms with Crippen molar-refractivity contribution in [2.45, 2.75) is 39.2 Å². The van der Waals surface area contributed by atoms with Crippen LogP contribution in [-0.2, 0) is 9.53 Å². The molecule has 2 heterocycles. The molecule has 0 radical (unpaired) electrons. The van der Waals surface area contributed by atoms with Gasteiger partial charge in [-0.05, 0) is 18.9 Å². The molecule has 29 heavy (non-hydrogen) atoms. The van der Waals surface area contributed by atoms with Gasteiger partial charge in [0.25, 0.3) is 11.2 Å². The molecule has 3 aromatic rings. The van der Waals surface area contributed by atoms with Crippen LogP contribution < -0.4 is 5.56 Å². The van der Waals surface area contributed by atoms with E-state index in [1.165, 1.54) is 34.4 Å². The number of nitro benzene ring substituents is 1. The summed E-state index contributed by atoms with van der Waals surface area (Å²) < 4.78 is 6.52. The maximum absolute atomic E-state index is 13.1. The number of esters is 1. The third-order valence-electron chi connectivity index (χ3n) is 4.64. The Kier molecular flexibility index (Phi) is 6.38. The first kappa shape index (κ1) is 20.7. The first-order chi connectivity index (χ1) is 13.9. The summed E-state index contributed by atoms with van der Waals surface area (Å²) in [5.74, 6) is -0.489. The molecule has 9 heteroatoms. The van der Waals surface area contributed by atoms with Crippen LogP contribution in [0.15, 0.2) is 40.8 Å². The quantitative estimate of drug-likeness (QED) is 0.235. The standard InChI is InChI=1S/C20H21N3O5S/c1-3-4-5-9-28-20(25)13(2)22-12-21-18-17(19(22)24)16(11-29-18)14-7-6-8-15(10-14)23(26)27/h6-8,10-13H,3-5,9H2,1-2H3/t13-/m0/s1. The van der Waals surface area contributed by atoms with Crippen LogP contribution in [0.5, 0.6) is 0 Å². The number of nitrogens with zero attached hydrogens (tertiary/aromatic N) is 3. The van der Waals surface area contributed by atoms with Gasteiger partial charge in [-0.25, -0.2) is 9.78 Å². The van der Waals surface area contributed by atoms with E-state index in [1.54, 1.807) is 24.4 Å². The lowest BCUT2D eigenvalue weighted by molar-refractivity contribution is -0.384. The number of hydrogen-bond acceptors (Lipinski definition) is 7. The predicted octanol–water partition coefficient (Wildman–Crippen LogP) is 4.33. The van der Waals surface area contributed by atoms with E-state index >= 15 is 0 Å². The van der Waals surface area contributed by atoms with E-state index in [0.717, 1.165) is 19.3 Å². The number of fused-ring (bicyclic) bond motifs is 1. The number of nitro groups is 1. The summed E-state index contributed by atoms with van der Waals surface area (Å²) in [7, 11) is 0. The van der Waals surface area contributed by atoms with E-state index in [0.29, 0.717) is 28.0 Å². The van der Waals surface area contributed by atoms with Crippen molar-refractivity contribution in [1.29, 1.82) is 0 Å².